The van der Waals surface area contributed by atoms with Gasteiger partial charge in [-0.1, -0.05) is 0 Å². The molecule has 1 amide bonds. The first-order valence-electron chi connectivity index (χ1n) is 9.97. The van der Waals surface area contributed by atoms with Gasteiger partial charge in [0.25, 0.3) is 5.91 Å². The second kappa shape index (κ2) is 8.49. The number of benzene rings is 2. The van der Waals surface area contributed by atoms with Gasteiger partial charge in [-0.05, 0) is 66.9 Å². The van der Waals surface area contributed by atoms with Crippen molar-refractivity contribution in [2.24, 2.45) is 0 Å². The van der Waals surface area contributed by atoms with Crippen LogP contribution in [-0.2, 0) is 0 Å². The van der Waals surface area contributed by atoms with Gasteiger partial charge in [0, 0.05) is 30.8 Å². The van der Waals surface area contributed by atoms with Crippen LogP contribution < -0.4 is 19.7 Å². The van der Waals surface area contributed by atoms with Crippen molar-refractivity contribution in [3.63, 3.8) is 0 Å². The van der Waals surface area contributed by atoms with Crippen LogP contribution in [0.15, 0.2) is 48.5 Å². The summed E-state index contributed by atoms with van der Waals surface area (Å²) in [7, 11) is 3.28. The normalized spacial score (nSPS) is 15.8. The van der Waals surface area contributed by atoms with Gasteiger partial charge in [-0.25, -0.2) is 0 Å². The number of carbonyl (C=O) groups excluding carboxylic acids is 1. The maximum atomic E-state index is 12.7. The Bertz CT molecular complexity index is 1030. The maximum Gasteiger partial charge on any atom is 0.251 e. The highest BCUT2D eigenvalue weighted by Crippen LogP contribution is 2.26. The van der Waals surface area contributed by atoms with Crippen LogP contribution in [0.1, 0.15) is 22.3 Å². The first-order valence-corrected chi connectivity index (χ1v) is 9.97. The lowest BCUT2D eigenvalue weighted by Gasteiger charge is -2.16. The summed E-state index contributed by atoms with van der Waals surface area (Å²) in [6, 6.07) is 15.5. The summed E-state index contributed by atoms with van der Waals surface area (Å²) in [6.07, 6.45) is 0.881. The van der Waals surface area contributed by atoms with E-state index in [1.165, 1.54) is 0 Å². The molecule has 0 saturated carbocycles. The number of aromatic amines is 1. The molecule has 7 nitrogen and oxygen atoms in total. The molecule has 0 aliphatic carbocycles. The topological polar surface area (TPSA) is 79.5 Å². The molecule has 3 aromatic rings. The van der Waals surface area contributed by atoms with E-state index in [1.807, 2.05) is 55.5 Å². The molecule has 1 aromatic heterocycles. The monoisotopic (exact) mass is 406 g/mol. The van der Waals surface area contributed by atoms with Crippen LogP contribution in [-0.4, -0.2) is 49.5 Å². The second-order valence-electron chi connectivity index (χ2n) is 7.45. The van der Waals surface area contributed by atoms with E-state index in [4.69, 9.17) is 9.47 Å². The number of aromatic nitrogens is 2. The van der Waals surface area contributed by atoms with Gasteiger partial charge in [0.05, 0.1) is 19.9 Å². The molecule has 156 valence electrons. The van der Waals surface area contributed by atoms with Gasteiger partial charge in [-0.2, -0.15) is 5.10 Å². The van der Waals surface area contributed by atoms with Crippen molar-refractivity contribution < 1.29 is 14.3 Å². The number of nitrogens with zero attached hydrogens (tertiary/aromatic N) is 2. The van der Waals surface area contributed by atoms with Gasteiger partial charge in [0.1, 0.15) is 11.5 Å². The number of anilines is 1. The zero-order valence-corrected chi connectivity index (χ0v) is 17.4. The van der Waals surface area contributed by atoms with E-state index in [0.717, 1.165) is 53.6 Å². The molecular formula is C23H26N4O3. The molecule has 1 atom stereocenters. The van der Waals surface area contributed by atoms with E-state index in [0.29, 0.717) is 5.56 Å². The number of H-pyrrole nitrogens is 1. The van der Waals surface area contributed by atoms with E-state index in [2.05, 4.69) is 20.4 Å². The SMILES string of the molecule is COc1ccc(-c2cc(N3CCC(NC(=O)c4ccc(OC)cc4C)C3)n[nH]2)cc1. The molecule has 0 spiro atoms. The Morgan fingerprint density at radius 1 is 1.10 bits per heavy atom. The Morgan fingerprint density at radius 3 is 2.53 bits per heavy atom. The molecule has 1 aliphatic heterocycles. The Kier molecular flexibility index (Phi) is 5.61. The largest absolute Gasteiger partial charge is 0.497 e. The predicted octanol–water partition coefficient (Wildman–Crippen LogP) is 3.41. The molecule has 0 radical (unpaired) electrons. The van der Waals surface area contributed by atoms with Crippen LogP contribution in [0.2, 0.25) is 0 Å². The Hall–Kier alpha value is -3.48. The highest BCUT2D eigenvalue weighted by Gasteiger charge is 2.26. The van der Waals surface area contributed by atoms with Gasteiger partial charge < -0.3 is 19.7 Å². The highest BCUT2D eigenvalue weighted by molar-refractivity contribution is 5.96. The third-order valence-corrected chi connectivity index (χ3v) is 5.49. The van der Waals surface area contributed by atoms with Crippen molar-refractivity contribution in [3.8, 4) is 22.8 Å². The molecule has 7 heteroatoms. The molecule has 4 rings (SSSR count). The number of hydrogen-bond donors (Lipinski definition) is 2. The molecule has 2 N–H and O–H groups in total. The minimum absolute atomic E-state index is 0.0528. The standard InChI is InChI=1S/C23H26N4O3/c1-15-12-19(30-3)8-9-20(15)23(28)24-17-10-11-27(14-17)22-13-21(25-26-22)16-4-6-18(29-2)7-5-16/h4-9,12-13,17H,10-11,14H2,1-3H3,(H,24,28)(H,25,26). The van der Waals surface area contributed by atoms with Gasteiger partial charge in [0.2, 0.25) is 0 Å². The average molecular weight is 406 g/mol. The van der Waals surface area contributed by atoms with Gasteiger partial charge >= 0.3 is 0 Å². The molecule has 2 aromatic carbocycles. The van der Waals surface area contributed by atoms with Crippen LogP contribution >= 0.6 is 0 Å². The number of hydrogen-bond acceptors (Lipinski definition) is 5. The summed E-state index contributed by atoms with van der Waals surface area (Å²) in [6.45, 7) is 3.50. The van der Waals surface area contributed by atoms with Gasteiger partial charge in [-0.3, -0.25) is 9.89 Å². The fourth-order valence-electron chi connectivity index (χ4n) is 3.76. The number of carbonyl (C=O) groups is 1. The third-order valence-electron chi connectivity index (χ3n) is 5.49. The lowest BCUT2D eigenvalue weighted by molar-refractivity contribution is 0.0939. The first-order chi connectivity index (χ1) is 14.6. The minimum Gasteiger partial charge on any atom is -0.497 e. The number of amides is 1. The van der Waals surface area contributed by atoms with Crippen molar-refractivity contribution in [3.05, 3.63) is 59.7 Å². The molecular weight excluding hydrogens is 380 g/mol. The first kappa shape index (κ1) is 19.8. The zero-order valence-electron chi connectivity index (χ0n) is 17.4. The number of methoxy groups -OCH3 is 2. The summed E-state index contributed by atoms with van der Waals surface area (Å²) < 4.78 is 10.4. The molecule has 1 saturated heterocycles. The Morgan fingerprint density at radius 2 is 1.83 bits per heavy atom. The van der Waals surface area contributed by atoms with Crippen LogP contribution in [0.4, 0.5) is 5.82 Å². The van der Waals surface area contributed by atoms with Crippen LogP contribution in [0, 0.1) is 6.92 Å². The van der Waals surface area contributed by atoms with Crippen LogP contribution in [0.3, 0.4) is 0 Å². The number of ether oxygens (including phenoxy) is 2. The summed E-state index contributed by atoms with van der Waals surface area (Å²) in [5.74, 6) is 2.41. The second-order valence-corrected chi connectivity index (χ2v) is 7.45. The van der Waals surface area contributed by atoms with E-state index >= 15 is 0 Å². The molecule has 1 fully saturated rings. The number of aryl methyl sites for hydroxylation is 1. The molecule has 1 unspecified atom stereocenters. The number of rotatable bonds is 6. The lowest BCUT2D eigenvalue weighted by atomic mass is 10.1. The fraction of sp³-hybridized carbons (Fsp3) is 0.304. The van der Waals surface area contributed by atoms with Crippen molar-refractivity contribution in [2.45, 2.75) is 19.4 Å². The van der Waals surface area contributed by atoms with Gasteiger partial charge in [-0.15, -0.1) is 0 Å². The summed E-state index contributed by atoms with van der Waals surface area (Å²) >= 11 is 0. The molecule has 1 aliphatic rings. The van der Waals surface area contributed by atoms with E-state index in [1.54, 1.807) is 14.2 Å². The summed E-state index contributed by atoms with van der Waals surface area (Å²) in [4.78, 5) is 14.9. The van der Waals surface area contributed by atoms with Crippen LogP contribution in [0.25, 0.3) is 11.3 Å². The quantitative estimate of drug-likeness (QED) is 0.656. The fourth-order valence-corrected chi connectivity index (χ4v) is 3.76. The third kappa shape index (κ3) is 4.10. The van der Waals surface area contributed by atoms with E-state index in [9.17, 15) is 4.79 Å². The maximum absolute atomic E-state index is 12.7. The van der Waals surface area contributed by atoms with E-state index in [-0.39, 0.29) is 11.9 Å². The van der Waals surface area contributed by atoms with Gasteiger partial charge in [0.15, 0.2) is 5.82 Å². The Balaban J connectivity index is 1.38. The van der Waals surface area contributed by atoms with Crippen molar-refractivity contribution in [1.82, 2.24) is 15.5 Å². The molecule has 30 heavy (non-hydrogen) atoms. The van der Waals surface area contributed by atoms with Crippen molar-refractivity contribution in [1.29, 1.82) is 0 Å². The average Bonchev–Trinajstić information content (AvgIpc) is 3.43. The van der Waals surface area contributed by atoms with Crippen LogP contribution in [0.5, 0.6) is 11.5 Å². The summed E-state index contributed by atoms with van der Waals surface area (Å²) in [5, 5.41) is 10.7. The lowest BCUT2D eigenvalue weighted by Crippen LogP contribution is -2.37. The molecule has 2 heterocycles. The van der Waals surface area contributed by atoms with Crippen molar-refractivity contribution in [2.75, 3.05) is 32.2 Å². The highest BCUT2D eigenvalue weighted by atomic mass is 16.5. The van der Waals surface area contributed by atoms with E-state index < -0.39 is 0 Å². The Labute approximate surface area is 176 Å². The zero-order chi connectivity index (χ0) is 21.1. The summed E-state index contributed by atoms with van der Waals surface area (Å²) in [5.41, 5.74) is 3.58. The smallest absolute Gasteiger partial charge is 0.251 e. The predicted molar refractivity (Wildman–Crippen MR) is 116 cm³/mol. The van der Waals surface area contributed by atoms with Crippen molar-refractivity contribution >= 4 is 11.7 Å². The molecule has 0 bridgehead atoms. The minimum atomic E-state index is -0.0528. The number of nitrogens with one attached hydrogen (secondary N) is 2.